The fourth-order valence-corrected chi connectivity index (χ4v) is 4.47. The summed E-state index contributed by atoms with van der Waals surface area (Å²) in [6.45, 7) is -0.201. The third-order valence-electron chi connectivity index (χ3n) is 4.82. The third kappa shape index (κ3) is 5.34. The van der Waals surface area contributed by atoms with E-state index in [4.69, 9.17) is 4.74 Å². The van der Waals surface area contributed by atoms with E-state index in [0.717, 1.165) is 16.4 Å². The van der Waals surface area contributed by atoms with E-state index in [-0.39, 0.29) is 49.1 Å². The number of carbonyl (C=O) groups excluding carboxylic acids is 1. The van der Waals surface area contributed by atoms with Crippen LogP contribution in [-0.4, -0.2) is 61.2 Å². The van der Waals surface area contributed by atoms with Gasteiger partial charge in [0.1, 0.15) is 5.75 Å². The van der Waals surface area contributed by atoms with E-state index in [2.05, 4.69) is 0 Å². The first kappa shape index (κ1) is 23.5. The zero-order valence-corrected chi connectivity index (χ0v) is 17.3. The summed E-state index contributed by atoms with van der Waals surface area (Å²) in [6.07, 6.45) is -4.56. The van der Waals surface area contributed by atoms with Gasteiger partial charge in [-0.3, -0.25) is 14.9 Å². The van der Waals surface area contributed by atoms with E-state index in [9.17, 15) is 36.5 Å². The highest BCUT2D eigenvalue weighted by Crippen LogP contribution is 2.30. The molecule has 0 N–H and O–H groups in total. The number of piperazine rings is 1. The minimum absolute atomic E-state index is 0.0212. The predicted octanol–water partition coefficient (Wildman–Crippen LogP) is 2.53. The fourth-order valence-electron chi connectivity index (χ4n) is 3.04. The highest BCUT2D eigenvalue weighted by molar-refractivity contribution is 7.89. The molecule has 0 aliphatic carbocycles. The van der Waals surface area contributed by atoms with Gasteiger partial charge in [0.15, 0.2) is 6.61 Å². The lowest BCUT2D eigenvalue weighted by atomic mass is 10.2. The zero-order valence-electron chi connectivity index (χ0n) is 16.5. The van der Waals surface area contributed by atoms with Gasteiger partial charge in [0.2, 0.25) is 10.0 Å². The molecule has 1 heterocycles. The van der Waals surface area contributed by atoms with Crippen molar-refractivity contribution < 1.29 is 36.0 Å². The first-order chi connectivity index (χ1) is 15.0. The molecule has 32 heavy (non-hydrogen) atoms. The maximum Gasteiger partial charge on any atom is 0.416 e. The van der Waals surface area contributed by atoms with Gasteiger partial charge in [-0.15, -0.1) is 0 Å². The second kappa shape index (κ2) is 9.12. The number of rotatable bonds is 6. The molecule has 2 aromatic carbocycles. The van der Waals surface area contributed by atoms with Gasteiger partial charge < -0.3 is 9.64 Å². The summed E-state index contributed by atoms with van der Waals surface area (Å²) in [6, 6.07) is 8.45. The van der Waals surface area contributed by atoms with E-state index >= 15 is 0 Å². The van der Waals surface area contributed by atoms with Crippen LogP contribution in [0.25, 0.3) is 0 Å². The molecule has 13 heteroatoms. The Morgan fingerprint density at radius 2 is 1.56 bits per heavy atom. The van der Waals surface area contributed by atoms with Gasteiger partial charge in [0.25, 0.3) is 11.6 Å². The molecule has 1 saturated heterocycles. The molecule has 0 unspecified atom stereocenters. The number of hydrogen-bond donors (Lipinski definition) is 0. The molecular formula is C19H18F3N3O6S. The molecule has 3 rings (SSSR count). The van der Waals surface area contributed by atoms with Crippen LogP contribution in [0.15, 0.2) is 53.4 Å². The van der Waals surface area contributed by atoms with Crippen molar-refractivity contribution in [2.75, 3.05) is 32.8 Å². The van der Waals surface area contributed by atoms with Crippen LogP contribution in [0.5, 0.6) is 5.75 Å². The van der Waals surface area contributed by atoms with Crippen molar-refractivity contribution in [1.29, 1.82) is 0 Å². The van der Waals surface area contributed by atoms with Gasteiger partial charge in [-0.25, -0.2) is 8.42 Å². The molecule has 2 aromatic rings. The van der Waals surface area contributed by atoms with Gasteiger partial charge >= 0.3 is 6.18 Å². The van der Waals surface area contributed by atoms with Crippen molar-refractivity contribution in [3.05, 3.63) is 64.2 Å². The predicted molar refractivity (Wildman–Crippen MR) is 105 cm³/mol. The summed E-state index contributed by atoms with van der Waals surface area (Å²) in [7, 11) is -4.00. The number of nitro groups is 1. The summed E-state index contributed by atoms with van der Waals surface area (Å²) in [4.78, 5) is 23.5. The standard InChI is InChI=1S/C19H18F3N3O6S/c20-19(21,22)14-1-7-17(8-2-14)32(29,30)24-11-9-23(10-12-24)18(26)13-31-16-5-3-15(4-6-16)25(27)28/h1-8H,9-13H2. The number of halogens is 3. The zero-order chi connectivity index (χ0) is 23.5. The lowest BCUT2D eigenvalue weighted by molar-refractivity contribution is -0.384. The Labute approximate surface area is 181 Å². The van der Waals surface area contributed by atoms with Crippen LogP contribution in [0, 0.1) is 10.1 Å². The molecule has 9 nitrogen and oxygen atoms in total. The Hall–Kier alpha value is -3.19. The molecule has 1 aliphatic heterocycles. The number of ether oxygens (including phenoxy) is 1. The van der Waals surface area contributed by atoms with Crippen molar-refractivity contribution in [1.82, 2.24) is 9.21 Å². The number of alkyl halides is 3. The van der Waals surface area contributed by atoms with Crippen LogP contribution in [-0.2, 0) is 21.0 Å². The highest BCUT2D eigenvalue weighted by Gasteiger charge is 2.33. The van der Waals surface area contributed by atoms with Crippen LogP contribution in [0.4, 0.5) is 18.9 Å². The van der Waals surface area contributed by atoms with Gasteiger partial charge in [-0.2, -0.15) is 17.5 Å². The number of carbonyl (C=O) groups is 1. The first-order valence-corrected chi connectivity index (χ1v) is 10.7. The summed E-state index contributed by atoms with van der Waals surface area (Å²) in [5.74, 6) is -0.123. The lowest BCUT2D eigenvalue weighted by Crippen LogP contribution is -2.51. The molecule has 0 saturated carbocycles. The van der Waals surface area contributed by atoms with Crippen LogP contribution < -0.4 is 4.74 Å². The molecule has 1 aliphatic rings. The Balaban J connectivity index is 1.54. The number of nitro benzene ring substituents is 1. The molecule has 1 fully saturated rings. The van der Waals surface area contributed by atoms with E-state index in [1.54, 1.807) is 0 Å². The van der Waals surface area contributed by atoms with Crippen molar-refractivity contribution in [2.45, 2.75) is 11.1 Å². The van der Waals surface area contributed by atoms with Gasteiger partial charge in [0.05, 0.1) is 15.4 Å². The third-order valence-corrected chi connectivity index (χ3v) is 6.73. The average Bonchev–Trinajstić information content (AvgIpc) is 2.77. The second-order valence-electron chi connectivity index (χ2n) is 6.85. The Bertz CT molecular complexity index is 1080. The Kier molecular flexibility index (Phi) is 6.69. The Morgan fingerprint density at radius 1 is 1.00 bits per heavy atom. The molecule has 0 spiro atoms. The van der Waals surface area contributed by atoms with E-state index in [1.807, 2.05) is 0 Å². The first-order valence-electron chi connectivity index (χ1n) is 9.31. The number of non-ortho nitro benzene ring substituents is 1. The maximum atomic E-state index is 12.7. The molecule has 172 valence electrons. The van der Waals surface area contributed by atoms with Crippen LogP contribution >= 0.6 is 0 Å². The number of nitrogens with zero attached hydrogens (tertiary/aromatic N) is 3. The van der Waals surface area contributed by atoms with Crippen molar-refractivity contribution >= 4 is 21.6 Å². The smallest absolute Gasteiger partial charge is 0.416 e. The molecule has 0 bridgehead atoms. The lowest BCUT2D eigenvalue weighted by Gasteiger charge is -2.34. The normalized spacial score (nSPS) is 15.4. The number of amides is 1. The maximum absolute atomic E-state index is 12.7. The Morgan fingerprint density at radius 3 is 2.06 bits per heavy atom. The number of sulfonamides is 1. The van der Waals surface area contributed by atoms with Crippen molar-refractivity contribution in [3.63, 3.8) is 0 Å². The van der Waals surface area contributed by atoms with Gasteiger partial charge in [-0.1, -0.05) is 0 Å². The molecule has 0 aromatic heterocycles. The SMILES string of the molecule is O=C(COc1ccc([N+](=O)[O-])cc1)N1CCN(S(=O)(=O)c2ccc(C(F)(F)F)cc2)CC1. The summed E-state index contributed by atoms with van der Waals surface area (Å²) in [5, 5.41) is 10.6. The number of hydrogen-bond acceptors (Lipinski definition) is 6. The summed E-state index contributed by atoms with van der Waals surface area (Å²) < 4.78 is 69.8. The van der Waals surface area contributed by atoms with E-state index < -0.39 is 32.6 Å². The molecule has 0 atom stereocenters. The van der Waals surface area contributed by atoms with Crippen molar-refractivity contribution in [2.24, 2.45) is 0 Å². The molecule has 0 radical (unpaired) electrons. The summed E-state index contributed by atoms with van der Waals surface area (Å²) >= 11 is 0. The monoisotopic (exact) mass is 473 g/mol. The van der Waals surface area contributed by atoms with Crippen molar-refractivity contribution in [3.8, 4) is 5.75 Å². The highest BCUT2D eigenvalue weighted by atomic mass is 32.2. The number of benzene rings is 2. The minimum atomic E-state index is -4.56. The largest absolute Gasteiger partial charge is 0.484 e. The quantitative estimate of drug-likeness (QED) is 0.471. The van der Waals surface area contributed by atoms with E-state index in [1.165, 1.54) is 29.2 Å². The van der Waals surface area contributed by atoms with Gasteiger partial charge in [0, 0.05) is 38.3 Å². The summed E-state index contributed by atoms with van der Waals surface area (Å²) in [5.41, 5.74) is -1.06. The second-order valence-corrected chi connectivity index (χ2v) is 8.78. The topological polar surface area (TPSA) is 110 Å². The molecule has 1 amide bonds. The van der Waals surface area contributed by atoms with E-state index in [0.29, 0.717) is 12.1 Å². The molecular weight excluding hydrogens is 455 g/mol. The van der Waals surface area contributed by atoms with Crippen LogP contribution in [0.3, 0.4) is 0 Å². The van der Waals surface area contributed by atoms with Gasteiger partial charge in [-0.05, 0) is 36.4 Å². The minimum Gasteiger partial charge on any atom is -0.484 e. The average molecular weight is 473 g/mol. The van der Waals surface area contributed by atoms with Crippen LogP contribution in [0.1, 0.15) is 5.56 Å². The van der Waals surface area contributed by atoms with Crippen LogP contribution in [0.2, 0.25) is 0 Å². The fraction of sp³-hybridized carbons (Fsp3) is 0.316.